The zero-order valence-corrected chi connectivity index (χ0v) is 19.0. The average molecular weight is 467 g/mol. The lowest BCUT2D eigenvalue weighted by Gasteiger charge is -2.23. The van der Waals surface area contributed by atoms with Crippen LogP contribution in [0.15, 0.2) is 10.4 Å². The largest absolute Gasteiger partial charge is 0.356 e. The number of aliphatic imine (C=N–C) groups is 1. The van der Waals surface area contributed by atoms with Crippen LogP contribution in [0.25, 0.3) is 0 Å². The van der Waals surface area contributed by atoms with Gasteiger partial charge in [-0.15, -0.1) is 35.3 Å². The number of aryl methyl sites for hydroxylation is 1. The molecule has 0 fully saturated rings. The molecule has 7 heteroatoms. The van der Waals surface area contributed by atoms with Crippen molar-refractivity contribution in [1.82, 2.24) is 20.1 Å². The third kappa shape index (κ3) is 9.17. The summed E-state index contributed by atoms with van der Waals surface area (Å²) in [4.78, 5) is 13.6. The molecule has 0 aliphatic carbocycles. The molecule has 1 N–H and O–H groups in total. The fourth-order valence-electron chi connectivity index (χ4n) is 2.65. The minimum absolute atomic E-state index is 0. The van der Waals surface area contributed by atoms with Crippen molar-refractivity contribution in [2.24, 2.45) is 4.99 Å². The number of rotatable bonds is 10. The second-order valence-corrected chi connectivity index (χ2v) is 6.95. The van der Waals surface area contributed by atoms with Crippen molar-refractivity contribution in [2.75, 3.05) is 40.3 Å². The van der Waals surface area contributed by atoms with Crippen LogP contribution in [0.3, 0.4) is 0 Å². The molecule has 1 aromatic rings. The first-order chi connectivity index (χ1) is 11.1. The molecule has 5 nitrogen and oxygen atoms in total. The maximum Gasteiger partial charge on any atom is 0.193 e. The van der Waals surface area contributed by atoms with Gasteiger partial charge < -0.3 is 15.1 Å². The summed E-state index contributed by atoms with van der Waals surface area (Å²) in [5.41, 5.74) is 1.11. The van der Waals surface area contributed by atoms with Crippen molar-refractivity contribution in [1.29, 1.82) is 0 Å². The molecule has 0 saturated carbocycles. The molecule has 0 amide bonds. The van der Waals surface area contributed by atoms with E-state index in [1.807, 2.05) is 14.0 Å². The van der Waals surface area contributed by atoms with Crippen LogP contribution in [0.4, 0.5) is 0 Å². The molecule has 1 heterocycles. The quantitative estimate of drug-likeness (QED) is 0.247. The maximum atomic E-state index is 4.52. The van der Waals surface area contributed by atoms with Gasteiger partial charge in [0.1, 0.15) is 0 Å². The van der Waals surface area contributed by atoms with Gasteiger partial charge in [0, 0.05) is 26.0 Å². The van der Waals surface area contributed by atoms with Gasteiger partial charge in [-0.05, 0) is 45.8 Å². The summed E-state index contributed by atoms with van der Waals surface area (Å²) in [6.45, 7) is 11.8. The molecule has 0 unspecified atom stereocenters. The van der Waals surface area contributed by atoms with Gasteiger partial charge in [0.05, 0.1) is 17.2 Å². The number of nitrogens with one attached hydrogen (secondary N) is 1. The summed E-state index contributed by atoms with van der Waals surface area (Å²) in [6, 6.07) is 0. The molecule has 0 atom stereocenters. The summed E-state index contributed by atoms with van der Waals surface area (Å²) in [6.07, 6.45) is 3.60. The third-order valence-electron chi connectivity index (χ3n) is 3.65. The van der Waals surface area contributed by atoms with E-state index in [4.69, 9.17) is 0 Å². The fourth-order valence-corrected chi connectivity index (χ4v) is 3.26. The minimum Gasteiger partial charge on any atom is -0.356 e. The number of hydrogen-bond acceptors (Lipinski definition) is 4. The number of guanidine groups is 1. The van der Waals surface area contributed by atoms with E-state index in [1.54, 1.807) is 11.3 Å². The normalized spacial score (nSPS) is 11.5. The van der Waals surface area contributed by atoms with Crippen molar-refractivity contribution >= 4 is 41.3 Å². The molecule has 1 aromatic heterocycles. The summed E-state index contributed by atoms with van der Waals surface area (Å²) < 4.78 is 0. The van der Waals surface area contributed by atoms with Crippen LogP contribution < -0.4 is 5.32 Å². The Bertz CT molecular complexity index is 458. The average Bonchev–Trinajstić information content (AvgIpc) is 2.92. The van der Waals surface area contributed by atoms with Gasteiger partial charge in [-0.1, -0.05) is 13.8 Å². The Morgan fingerprint density at radius 3 is 2.42 bits per heavy atom. The van der Waals surface area contributed by atoms with E-state index in [2.05, 4.69) is 51.4 Å². The highest BCUT2D eigenvalue weighted by Crippen LogP contribution is 2.09. The molecule has 0 aliphatic heterocycles. The predicted molar refractivity (Wildman–Crippen MR) is 117 cm³/mol. The van der Waals surface area contributed by atoms with Gasteiger partial charge in [-0.25, -0.2) is 4.98 Å². The van der Waals surface area contributed by atoms with Crippen molar-refractivity contribution in [2.45, 2.75) is 46.6 Å². The fraction of sp³-hybridized carbons (Fsp3) is 0.765. The van der Waals surface area contributed by atoms with E-state index in [-0.39, 0.29) is 24.0 Å². The highest BCUT2D eigenvalue weighted by atomic mass is 127. The lowest BCUT2D eigenvalue weighted by Crippen LogP contribution is -2.40. The van der Waals surface area contributed by atoms with Crippen molar-refractivity contribution in [3.05, 3.63) is 16.1 Å². The molecule has 0 radical (unpaired) electrons. The lowest BCUT2D eigenvalue weighted by atomic mass is 10.3. The molecule has 1 rings (SSSR count). The van der Waals surface area contributed by atoms with Gasteiger partial charge in [0.15, 0.2) is 5.96 Å². The van der Waals surface area contributed by atoms with Crippen LogP contribution in [-0.2, 0) is 6.54 Å². The van der Waals surface area contributed by atoms with Gasteiger partial charge in [0.2, 0.25) is 0 Å². The maximum absolute atomic E-state index is 4.52. The van der Waals surface area contributed by atoms with Crippen LogP contribution >= 0.6 is 35.3 Å². The predicted octanol–water partition coefficient (Wildman–Crippen LogP) is 3.59. The van der Waals surface area contributed by atoms with E-state index in [9.17, 15) is 0 Å². The number of halogens is 1. The van der Waals surface area contributed by atoms with Crippen molar-refractivity contribution in [3.8, 4) is 0 Å². The lowest BCUT2D eigenvalue weighted by molar-refractivity contribution is 0.271. The Kier molecular flexibility index (Phi) is 13.6. The number of nitrogens with zero attached hydrogens (tertiary/aromatic N) is 4. The van der Waals surface area contributed by atoms with E-state index < -0.39 is 0 Å². The summed E-state index contributed by atoms with van der Waals surface area (Å²) in [5, 5.41) is 6.69. The monoisotopic (exact) mass is 467 g/mol. The smallest absolute Gasteiger partial charge is 0.193 e. The topological polar surface area (TPSA) is 43.8 Å². The van der Waals surface area contributed by atoms with Crippen molar-refractivity contribution < 1.29 is 0 Å². The van der Waals surface area contributed by atoms with E-state index in [0.717, 1.165) is 42.7 Å². The molecular weight excluding hydrogens is 433 g/mol. The second-order valence-electron chi connectivity index (χ2n) is 5.88. The molecule has 24 heavy (non-hydrogen) atoms. The standard InChI is InChI=1S/C17H33N5S.HI/c1-6-10-22(11-7-2)12-8-9-19-17(18-4)21(5)13-16-14-23-15(3)20-16;/h14H,6-13H2,1-5H3,(H,18,19);1H. The Morgan fingerprint density at radius 2 is 1.92 bits per heavy atom. The first kappa shape index (κ1) is 23.6. The number of aromatic nitrogens is 1. The molecule has 140 valence electrons. The molecule has 0 aliphatic rings. The Morgan fingerprint density at radius 1 is 1.25 bits per heavy atom. The highest BCUT2D eigenvalue weighted by Gasteiger charge is 2.08. The van der Waals surface area contributed by atoms with Crippen LogP contribution in [0.2, 0.25) is 0 Å². The Balaban J connectivity index is 0.00000529. The minimum atomic E-state index is 0. The summed E-state index contributed by atoms with van der Waals surface area (Å²) >= 11 is 1.70. The van der Waals surface area contributed by atoms with Gasteiger partial charge in [-0.2, -0.15) is 0 Å². The first-order valence-electron chi connectivity index (χ1n) is 8.65. The summed E-state index contributed by atoms with van der Waals surface area (Å²) in [5.74, 6) is 0.938. The van der Waals surface area contributed by atoms with Crippen LogP contribution in [0.1, 0.15) is 43.8 Å². The first-order valence-corrected chi connectivity index (χ1v) is 9.53. The third-order valence-corrected chi connectivity index (χ3v) is 4.48. The van der Waals surface area contributed by atoms with E-state index in [1.165, 1.54) is 25.9 Å². The molecule has 0 bridgehead atoms. The highest BCUT2D eigenvalue weighted by molar-refractivity contribution is 14.0. The van der Waals surface area contributed by atoms with Crippen LogP contribution in [0, 0.1) is 6.92 Å². The Hall–Kier alpha value is -0.410. The molecule has 0 saturated heterocycles. The summed E-state index contributed by atoms with van der Waals surface area (Å²) in [7, 11) is 3.90. The van der Waals surface area contributed by atoms with Gasteiger partial charge in [-0.3, -0.25) is 4.99 Å². The SMILES string of the molecule is CCCN(CCC)CCCNC(=NC)N(C)Cc1csc(C)n1.I. The van der Waals surface area contributed by atoms with E-state index >= 15 is 0 Å². The number of thiazole rings is 1. The van der Waals surface area contributed by atoms with Crippen LogP contribution in [-0.4, -0.2) is 61.0 Å². The zero-order valence-electron chi connectivity index (χ0n) is 15.8. The Labute approximate surface area is 169 Å². The van der Waals surface area contributed by atoms with Crippen LogP contribution in [0.5, 0.6) is 0 Å². The molecule has 0 aromatic carbocycles. The number of hydrogen-bond donors (Lipinski definition) is 1. The molecular formula is C17H34IN5S. The van der Waals surface area contributed by atoms with Crippen molar-refractivity contribution in [3.63, 3.8) is 0 Å². The van der Waals surface area contributed by atoms with E-state index in [0.29, 0.717) is 0 Å². The van der Waals surface area contributed by atoms with Gasteiger partial charge >= 0.3 is 0 Å². The van der Waals surface area contributed by atoms with Gasteiger partial charge in [0.25, 0.3) is 0 Å². The zero-order chi connectivity index (χ0) is 17.1. The second kappa shape index (κ2) is 13.8. The molecule has 0 spiro atoms.